The second kappa shape index (κ2) is 24.4. The first kappa shape index (κ1) is 55.7. The molecule has 1 saturated carbocycles. The van der Waals surface area contributed by atoms with Gasteiger partial charge < -0.3 is 54.4 Å². The lowest BCUT2D eigenvalue weighted by molar-refractivity contribution is -0.608. The van der Waals surface area contributed by atoms with Crippen molar-refractivity contribution in [1.29, 1.82) is 0 Å². The molecule has 22 nitrogen and oxygen atoms in total. The van der Waals surface area contributed by atoms with Gasteiger partial charge in [0.2, 0.25) is 29.2 Å². The van der Waals surface area contributed by atoms with Crippen LogP contribution < -0.4 is 35.5 Å². The zero-order chi connectivity index (χ0) is 57.4. The fourth-order valence-corrected chi connectivity index (χ4v) is 9.65. The molecule has 4 aromatic carbocycles. The van der Waals surface area contributed by atoms with Crippen molar-refractivity contribution in [2.24, 2.45) is 5.16 Å². The molecule has 0 bridgehead atoms. The third kappa shape index (κ3) is 13.5. The number of carbonyl (C=O) groups excluding carboxylic acids is 6. The van der Waals surface area contributed by atoms with E-state index in [1.807, 2.05) is 121 Å². The van der Waals surface area contributed by atoms with E-state index in [-0.39, 0.29) is 85.4 Å². The van der Waals surface area contributed by atoms with Crippen LogP contribution in [0.15, 0.2) is 155 Å². The zero-order valence-electron chi connectivity index (χ0n) is 44.8. The predicted molar refractivity (Wildman–Crippen MR) is 295 cm³/mol. The topological polar surface area (TPSA) is 278 Å². The zero-order valence-corrected chi connectivity index (χ0v) is 45.6. The molecule has 3 aliphatic rings. The number of carbonyl (C=O) groups is 6. The SMILES string of the molecule is CC(C)(C)OC(=O)Nc1nc(/C(=N/OC2(C(=O)OC(c3ccccc3)c3ccccc3)CC2)C(=O)N[C@@H]2C(=O)N[C@@H]2CNC(=O)c2cc([C@@H]3CCN(C(=O)c4cc(OCc5ccccc5)c(OCc5ccccc5)c[n+]4[O-])C3)no2)cs1. The minimum atomic E-state index is -1.55. The van der Waals surface area contributed by atoms with E-state index in [0.717, 1.165) is 33.6 Å². The summed E-state index contributed by atoms with van der Waals surface area (Å²) in [4.78, 5) is 93.1. The summed E-state index contributed by atoms with van der Waals surface area (Å²) in [5.41, 5.74) is 0.580. The van der Waals surface area contributed by atoms with E-state index in [2.05, 4.69) is 36.6 Å². The third-order valence-corrected chi connectivity index (χ3v) is 14.2. The van der Waals surface area contributed by atoms with Crippen LogP contribution in [0.3, 0.4) is 0 Å². The summed E-state index contributed by atoms with van der Waals surface area (Å²) in [5, 5.41) is 33.8. The maximum Gasteiger partial charge on any atom is 0.413 e. The molecule has 5 amide bonds. The molecular formula is C59H57N9O13S. The van der Waals surface area contributed by atoms with Gasteiger partial charge in [0.05, 0.1) is 17.8 Å². The highest BCUT2D eigenvalue weighted by Gasteiger charge is 2.57. The van der Waals surface area contributed by atoms with Gasteiger partial charge in [-0.15, -0.1) is 11.3 Å². The number of β-lactam (4-membered cyclic amide) rings is 1. The van der Waals surface area contributed by atoms with Gasteiger partial charge in [-0.05, 0) is 49.4 Å². The van der Waals surface area contributed by atoms with Crippen LogP contribution >= 0.6 is 11.3 Å². The molecule has 7 aromatic rings. The van der Waals surface area contributed by atoms with Gasteiger partial charge in [0, 0.05) is 49.8 Å². The molecule has 10 rings (SSSR count). The van der Waals surface area contributed by atoms with E-state index in [1.165, 1.54) is 28.6 Å². The molecule has 422 valence electrons. The lowest BCUT2D eigenvalue weighted by Crippen LogP contribution is -2.72. The minimum absolute atomic E-state index is 0.0541. The Kier molecular flexibility index (Phi) is 16.6. The van der Waals surface area contributed by atoms with Gasteiger partial charge in [-0.1, -0.05) is 132 Å². The number of nitrogens with one attached hydrogen (secondary N) is 4. The van der Waals surface area contributed by atoms with Crippen molar-refractivity contribution >= 4 is 57.9 Å². The number of hydrogen-bond donors (Lipinski definition) is 4. The summed E-state index contributed by atoms with van der Waals surface area (Å²) >= 11 is 0.961. The maximum atomic E-state index is 14.2. The van der Waals surface area contributed by atoms with Crippen molar-refractivity contribution in [3.05, 3.63) is 195 Å². The molecule has 5 heterocycles. The number of likely N-dealkylation sites (tertiary alicyclic amines) is 1. The Morgan fingerprint density at radius 1 is 0.878 bits per heavy atom. The van der Waals surface area contributed by atoms with Crippen LogP contribution in [-0.4, -0.2) is 99.4 Å². The summed E-state index contributed by atoms with van der Waals surface area (Å²) in [5.74, 6) is -3.52. The van der Waals surface area contributed by atoms with Crippen molar-refractivity contribution in [1.82, 2.24) is 31.0 Å². The number of ether oxygens (including phenoxy) is 4. The third-order valence-electron chi connectivity index (χ3n) is 13.5. The first-order valence-electron chi connectivity index (χ1n) is 26.4. The molecule has 1 aliphatic carbocycles. The highest BCUT2D eigenvalue weighted by atomic mass is 32.1. The van der Waals surface area contributed by atoms with Crippen LogP contribution in [-0.2, 0) is 41.9 Å². The van der Waals surface area contributed by atoms with Crippen LogP contribution in [0, 0.1) is 5.21 Å². The van der Waals surface area contributed by atoms with Crippen LogP contribution in [0.2, 0.25) is 0 Å². The van der Waals surface area contributed by atoms with Gasteiger partial charge >= 0.3 is 18.0 Å². The number of amides is 5. The Hall–Kier alpha value is -9.64. The summed E-state index contributed by atoms with van der Waals surface area (Å²) in [6, 6.07) is 38.1. The first-order chi connectivity index (χ1) is 39.6. The smallest absolute Gasteiger partial charge is 0.413 e. The number of thiazole rings is 1. The average Bonchev–Trinajstić information content (AvgIpc) is 3.82. The molecule has 4 N–H and O–H groups in total. The normalized spacial score (nSPS) is 17.2. The summed E-state index contributed by atoms with van der Waals surface area (Å²) in [6.45, 7) is 5.69. The molecule has 0 radical (unpaired) electrons. The first-order valence-corrected chi connectivity index (χ1v) is 27.2. The Bertz CT molecular complexity index is 3440. The molecule has 82 heavy (non-hydrogen) atoms. The number of pyridine rings is 1. The number of aromatic nitrogens is 3. The number of oxime groups is 1. The molecule has 0 unspecified atom stereocenters. The van der Waals surface area contributed by atoms with Crippen molar-refractivity contribution in [2.45, 2.75) is 88.6 Å². The van der Waals surface area contributed by atoms with Crippen molar-refractivity contribution in [2.75, 3.05) is 25.0 Å². The fraction of sp³-hybridized carbons (Fsp3) is 0.288. The van der Waals surface area contributed by atoms with E-state index in [4.69, 9.17) is 28.3 Å². The molecule has 23 heteroatoms. The van der Waals surface area contributed by atoms with Crippen LogP contribution in [0.1, 0.15) is 107 Å². The summed E-state index contributed by atoms with van der Waals surface area (Å²) in [7, 11) is 0. The average molecular weight is 1130 g/mol. The molecule has 2 saturated heterocycles. The number of rotatable bonds is 21. The lowest BCUT2D eigenvalue weighted by atomic mass is 9.98. The second-order valence-electron chi connectivity index (χ2n) is 20.7. The number of esters is 1. The molecule has 2 aliphatic heterocycles. The van der Waals surface area contributed by atoms with Gasteiger partial charge in [0.25, 0.3) is 17.5 Å². The molecule has 3 fully saturated rings. The van der Waals surface area contributed by atoms with Crippen molar-refractivity contribution in [3.63, 3.8) is 0 Å². The molecule has 0 spiro atoms. The van der Waals surface area contributed by atoms with Gasteiger partial charge in [-0.25, -0.2) is 14.6 Å². The van der Waals surface area contributed by atoms with Gasteiger partial charge in [-0.3, -0.25) is 24.5 Å². The maximum absolute atomic E-state index is 14.2. The second-order valence-corrected chi connectivity index (χ2v) is 21.5. The highest BCUT2D eigenvalue weighted by Crippen LogP contribution is 2.43. The number of hydrogen-bond acceptors (Lipinski definition) is 17. The molecular weight excluding hydrogens is 1070 g/mol. The van der Waals surface area contributed by atoms with Crippen LogP contribution in [0.4, 0.5) is 9.93 Å². The minimum Gasteiger partial charge on any atom is -0.618 e. The largest absolute Gasteiger partial charge is 0.618 e. The van der Waals surface area contributed by atoms with E-state index in [1.54, 1.807) is 20.8 Å². The predicted octanol–water partition coefficient (Wildman–Crippen LogP) is 6.90. The quantitative estimate of drug-likeness (QED) is 0.0142. The Morgan fingerprint density at radius 2 is 1.50 bits per heavy atom. The van der Waals surface area contributed by atoms with E-state index in [9.17, 15) is 34.0 Å². The Morgan fingerprint density at radius 3 is 2.11 bits per heavy atom. The van der Waals surface area contributed by atoms with E-state index in [0.29, 0.717) is 16.8 Å². The van der Waals surface area contributed by atoms with E-state index >= 15 is 0 Å². The van der Waals surface area contributed by atoms with E-state index < -0.39 is 70.8 Å². The van der Waals surface area contributed by atoms with Crippen molar-refractivity contribution < 1.29 is 61.8 Å². The molecule has 3 atom stereocenters. The lowest BCUT2D eigenvalue weighted by Gasteiger charge is -2.37. The van der Waals surface area contributed by atoms with Crippen molar-refractivity contribution in [3.8, 4) is 11.5 Å². The van der Waals surface area contributed by atoms with Crippen LogP contribution in [0.25, 0.3) is 0 Å². The van der Waals surface area contributed by atoms with Gasteiger partial charge in [-0.2, -0.15) is 4.73 Å². The fourth-order valence-electron chi connectivity index (χ4n) is 8.97. The van der Waals surface area contributed by atoms with Gasteiger partial charge in [0.15, 0.2) is 22.7 Å². The Labute approximate surface area is 474 Å². The van der Waals surface area contributed by atoms with Crippen LogP contribution in [0.5, 0.6) is 11.5 Å². The van der Waals surface area contributed by atoms with Gasteiger partial charge in [0.1, 0.15) is 30.6 Å². The number of anilines is 1. The number of benzene rings is 4. The Balaban J connectivity index is 0.775. The monoisotopic (exact) mass is 1130 g/mol. The standard InChI is InChI=1S/C59H57N9O13S/c1-58(2,3)79-57(74)64-56-62-43(35-82-56)49(66-81-59(25-26-59)55(73)78-50(38-20-12-6-13-21-38)39-22-14-7-15-23-39)53(71)63-48-42(61-52(48)70)30-60-51(69)46-28-41(65-80-46)40-24-27-67(31-40)54(72)44-29-45(76-33-36-16-8-4-9-17-36)47(32-68(44)75)77-34-37-18-10-5-11-19-37/h4-23,28-29,32,35,40,42,48,50H,24-27,30-31,33-34H2,1-3H3,(H,60,69)(H,61,70)(H,63,71)(H,62,64,74)/b66-49-/t40-,42-,48+/m1/s1. The highest BCUT2D eigenvalue weighted by molar-refractivity contribution is 7.14. The molecule has 3 aromatic heterocycles. The number of nitrogens with zero attached hydrogens (tertiary/aromatic N) is 5. The summed E-state index contributed by atoms with van der Waals surface area (Å²) < 4.78 is 29.5. The summed E-state index contributed by atoms with van der Waals surface area (Å²) in [6.07, 6.45) is 0.508.